The molecule has 0 bridgehead atoms. The van der Waals surface area contributed by atoms with Crippen molar-refractivity contribution in [2.45, 2.75) is 13.0 Å². The lowest BCUT2D eigenvalue weighted by Crippen LogP contribution is -2.55. The van der Waals surface area contributed by atoms with Crippen molar-refractivity contribution in [2.75, 3.05) is 32.0 Å². The number of nitrogens with two attached hydrogens (primary N) is 1. The van der Waals surface area contributed by atoms with E-state index in [9.17, 15) is 9.59 Å². The molecule has 1 atom stereocenters. The van der Waals surface area contributed by atoms with Gasteiger partial charge < -0.3 is 20.7 Å². The van der Waals surface area contributed by atoms with E-state index in [0.717, 1.165) is 0 Å². The molecule has 3 N–H and O–H groups in total. The summed E-state index contributed by atoms with van der Waals surface area (Å²) >= 11 is 6.09. The standard InChI is InChI=1S/C14H18ClN3O3/c1-2-17-13(19)11-8-21-7-6-18(11)14(20)9-4-3-5-10(16)12(9)15/h3-5,11H,2,6-8,16H2,1H3,(H,17,19). The lowest BCUT2D eigenvalue weighted by Gasteiger charge is -2.34. The first-order valence-corrected chi connectivity index (χ1v) is 7.14. The van der Waals surface area contributed by atoms with Crippen molar-refractivity contribution in [3.05, 3.63) is 28.8 Å². The van der Waals surface area contributed by atoms with Crippen LogP contribution in [0.25, 0.3) is 0 Å². The second kappa shape index (κ2) is 6.78. The van der Waals surface area contributed by atoms with Gasteiger partial charge in [0.05, 0.1) is 29.5 Å². The van der Waals surface area contributed by atoms with Gasteiger partial charge in [0.2, 0.25) is 5.91 Å². The third kappa shape index (κ3) is 3.28. The van der Waals surface area contributed by atoms with Crippen LogP contribution in [0, 0.1) is 0 Å². The molecule has 2 amide bonds. The molecule has 1 aromatic carbocycles. The Balaban J connectivity index is 2.26. The molecule has 1 fully saturated rings. The fourth-order valence-corrected chi connectivity index (χ4v) is 2.43. The number of nitrogens with zero attached hydrogens (tertiary/aromatic N) is 1. The summed E-state index contributed by atoms with van der Waals surface area (Å²) in [6, 6.07) is 4.24. The number of carbonyl (C=O) groups is 2. The molecule has 2 rings (SSSR count). The highest BCUT2D eigenvalue weighted by Crippen LogP contribution is 2.25. The summed E-state index contributed by atoms with van der Waals surface area (Å²) in [7, 11) is 0. The van der Waals surface area contributed by atoms with E-state index >= 15 is 0 Å². The number of halogens is 1. The second-order valence-electron chi connectivity index (χ2n) is 4.69. The minimum atomic E-state index is -0.649. The fraction of sp³-hybridized carbons (Fsp3) is 0.429. The predicted molar refractivity (Wildman–Crippen MR) is 80.2 cm³/mol. The van der Waals surface area contributed by atoms with Crippen LogP contribution in [-0.2, 0) is 9.53 Å². The van der Waals surface area contributed by atoms with Gasteiger partial charge in [-0.25, -0.2) is 0 Å². The number of anilines is 1. The number of hydrogen-bond donors (Lipinski definition) is 2. The highest BCUT2D eigenvalue weighted by atomic mass is 35.5. The second-order valence-corrected chi connectivity index (χ2v) is 5.07. The molecule has 0 radical (unpaired) electrons. The molecule has 1 aromatic rings. The normalized spacial score (nSPS) is 18.4. The Morgan fingerprint density at radius 3 is 3.00 bits per heavy atom. The Labute approximate surface area is 128 Å². The number of likely N-dealkylation sites (N-methyl/N-ethyl adjacent to an activating group) is 1. The van der Waals surface area contributed by atoms with Crippen molar-refractivity contribution in [1.29, 1.82) is 0 Å². The molecule has 1 aliphatic rings. The van der Waals surface area contributed by atoms with Crippen LogP contribution >= 0.6 is 11.6 Å². The highest BCUT2D eigenvalue weighted by molar-refractivity contribution is 6.36. The van der Waals surface area contributed by atoms with Crippen molar-refractivity contribution in [2.24, 2.45) is 0 Å². The minimum Gasteiger partial charge on any atom is -0.398 e. The van der Waals surface area contributed by atoms with Gasteiger partial charge in [0, 0.05) is 13.1 Å². The van der Waals surface area contributed by atoms with E-state index < -0.39 is 6.04 Å². The average molecular weight is 312 g/mol. The molecule has 1 saturated heterocycles. The van der Waals surface area contributed by atoms with Crippen LogP contribution in [-0.4, -0.2) is 49.1 Å². The predicted octanol–water partition coefficient (Wildman–Crippen LogP) is 0.899. The zero-order valence-corrected chi connectivity index (χ0v) is 12.5. The number of nitrogens with one attached hydrogen (secondary N) is 1. The van der Waals surface area contributed by atoms with Gasteiger partial charge >= 0.3 is 0 Å². The van der Waals surface area contributed by atoms with Crippen molar-refractivity contribution >= 4 is 29.1 Å². The van der Waals surface area contributed by atoms with E-state index in [1.165, 1.54) is 4.90 Å². The van der Waals surface area contributed by atoms with Gasteiger partial charge in [-0.1, -0.05) is 17.7 Å². The SMILES string of the molecule is CCNC(=O)C1COCCN1C(=O)c1cccc(N)c1Cl. The maximum Gasteiger partial charge on any atom is 0.256 e. The lowest BCUT2D eigenvalue weighted by atomic mass is 10.1. The third-order valence-electron chi connectivity index (χ3n) is 3.30. The van der Waals surface area contributed by atoms with Crippen molar-refractivity contribution < 1.29 is 14.3 Å². The zero-order chi connectivity index (χ0) is 15.4. The van der Waals surface area contributed by atoms with Crippen LogP contribution in [0.3, 0.4) is 0 Å². The molecule has 6 nitrogen and oxygen atoms in total. The number of carbonyl (C=O) groups excluding carboxylic acids is 2. The smallest absolute Gasteiger partial charge is 0.256 e. The number of morpholine rings is 1. The molecule has 21 heavy (non-hydrogen) atoms. The van der Waals surface area contributed by atoms with Crippen molar-refractivity contribution in [3.63, 3.8) is 0 Å². The van der Waals surface area contributed by atoms with Crippen molar-refractivity contribution in [3.8, 4) is 0 Å². The Hall–Kier alpha value is -1.79. The van der Waals surface area contributed by atoms with Crippen molar-refractivity contribution in [1.82, 2.24) is 10.2 Å². The largest absolute Gasteiger partial charge is 0.398 e. The lowest BCUT2D eigenvalue weighted by molar-refractivity contribution is -0.130. The molecule has 0 spiro atoms. The molecule has 114 valence electrons. The van der Waals surface area contributed by atoms with Gasteiger partial charge in [-0.05, 0) is 19.1 Å². The van der Waals surface area contributed by atoms with Crippen LogP contribution in [0.2, 0.25) is 5.02 Å². The quantitative estimate of drug-likeness (QED) is 0.812. The van der Waals surface area contributed by atoms with Crippen LogP contribution in [0.5, 0.6) is 0 Å². The van der Waals surface area contributed by atoms with E-state index in [4.69, 9.17) is 22.1 Å². The molecule has 1 unspecified atom stereocenters. The third-order valence-corrected chi connectivity index (χ3v) is 3.72. The summed E-state index contributed by atoms with van der Waals surface area (Å²) in [6.07, 6.45) is 0. The topological polar surface area (TPSA) is 84.7 Å². The average Bonchev–Trinajstić information content (AvgIpc) is 2.49. The first-order valence-electron chi connectivity index (χ1n) is 6.76. The molecular formula is C14H18ClN3O3. The molecule has 7 heteroatoms. The molecule has 1 aliphatic heterocycles. The molecule has 0 aliphatic carbocycles. The minimum absolute atomic E-state index is 0.178. The molecular weight excluding hydrogens is 294 g/mol. The summed E-state index contributed by atoms with van der Waals surface area (Å²) in [4.78, 5) is 26.2. The van der Waals surface area contributed by atoms with Gasteiger partial charge in [0.15, 0.2) is 0 Å². The highest BCUT2D eigenvalue weighted by Gasteiger charge is 2.33. The van der Waals surface area contributed by atoms with Gasteiger partial charge in [-0.3, -0.25) is 9.59 Å². The number of hydrogen-bond acceptors (Lipinski definition) is 4. The van der Waals surface area contributed by atoms with Crippen LogP contribution in [0.4, 0.5) is 5.69 Å². The van der Waals surface area contributed by atoms with Crippen LogP contribution < -0.4 is 11.1 Å². The van der Waals surface area contributed by atoms with Gasteiger partial charge in [-0.2, -0.15) is 0 Å². The van der Waals surface area contributed by atoms with Gasteiger partial charge in [0.1, 0.15) is 6.04 Å². The monoisotopic (exact) mass is 311 g/mol. The van der Waals surface area contributed by atoms with E-state index in [1.54, 1.807) is 18.2 Å². The number of ether oxygens (including phenoxy) is 1. The summed E-state index contributed by atoms with van der Waals surface area (Å²) in [6.45, 7) is 3.23. The number of amides is 2. The summed E-state index contributed by atoms with van der Waals surface area (Å²) in [5.74, 6) is -0.544. The Morgan fingerprint density at radius 2 is 2.29 bits per heavy atom. The fourth-order valence-electron chi connectivity index (χ4n) is 2.23. The molecule has 0 saturated carbocycles. The van der Waals surface area contributed by atoms with E-state index in [-0.39, 0.29) is 23.4 Å². The van der Waals surface area contributed by atoms with Crippen LogP contribution in [0.1, 0.15) is 17.3 Å². The first-order chi connectivity index (χ1) is 10.1. The maximum atomic E-state index is 12.6. The Morgan fingerprint density at radius 1 is 1.52 bits per heavy atom. The maximum absolute atomic E-state index is 12.6. The number of rotatable bonds is 3. The zero-order valence-electron chi connectivity index (χ0n) is 11.8. The van der Waals surface area contributed by atoms with E-state index in [2.05, 4.69) is 5.32 Å². The summed E-state index contributed by atoms with van der Waals surface area (Å²) in [5, 5.41) is 2.92. The molecule has 1 heterocycles. The Kier molecular flexibility index (Phi) is 5.03. The first kappa shape index (κ1) is 15.6. The number of benzene rings is 1. The van der Waals surface area contributed by atoms with Crippen LogP contribution in [0.15, 0.2) is 18.2 Å². The van der Waals surface area contributed by atoms with Gasteiger partial charge in [-0.15, -0.1) is 0 Å². The number of nitrogen functional groups attached to an aromatic ring is 1. The van der Waals surface area contributed by atoms with E-state index in [1.807, 2.05) is 6.92 Å². The van der Waals surface area contributed by atoms with Gasteiger partial charge in [0.25, 0.3) is 5.91 Å². The molecule has 0 aromatic heterocycles. The summed E-state index contributed by atoms with van der Waals surface area (Å²) < 4.78 is 5.31. The summed E-state index contributed by atoms with van der Waals surface area (Å²) in [5.41, 5.74) is 6.36. The Bertz CT molecular complexity index is 550. The van der Waals surface area contributed by atoms with E-state index in [0.29, 0.717) is 30.9 Å².